The van der Waals surface area contributed by atoms with Crippen molar-refractivity contribution in [3.05, 3.63) is 29.8 Å². The third-order valence-corrected chi connectivity index (χ3v) is 6.58. The molecule has 1 saturated carbocycles. The summed E-state index contributed by atoms with van der Waals surface area (Å²) < 4.78 is 24.9. The fourth-order valence-corrected chi connectivity index (χ4v) is 4.93. The molecule has 0 radical (unpaired) electrons. The zero-order chi connectivity index (χ0) is 15.0. The van der Waals surface area contributed by atoms with Crippen LogP contribution in [0.1, 0.15) is 24.8 Å². The van der Waals surface area contributed by atoms with Gasteiger partial charge in [0.2, 0.25) is 0 Å². The molecule has 2 bridgehead atoms. The maximum atomic E-state index is 12.5. The van der Waals surface area contributed by atoms with E-state index in [4.69, 9.17) is 18.0 Å². The van der Waals surface area contributed by atoms with E-state index < -0.39 is 9.84 Å². The Morgan fingerprint density at radius 1 is 1.38 bits per heavy atom. The highest BCUT2D eigenvalue weighted by atomic mass is 32.2. The van der Waals surface area contributed by atoms with E-state index in [1.54, 1.807) is 24.3 Å². The number of nitrogens with two attached hydrogens (primary N) is 1. The summed E-state index contributed by atoms with van der Waals surface area (Å²) in [5, 5.41) is 0. The SMILES string of the molecule is NC(=S)c1cccc(S(=O)(=O)CCN2CC3CCC2C3)c1. The molecule has 2 aliphatic rings. The van der Waals surface area contributed by atoms with Crippen molar-refractivity contribution < 1.29 is 8.42 Å². The van der Waals surface area contributed by atoms with Crippen molar-refractivity contribution in [1.29, 1.82) is 0 Å². The predicted octanol–water partition coefficient (Wildman–Crippen LogP) is 1.58. The summed E-state index contributed by atoms with van der Waals surface area (Å²) in [7, 11) is -3.28. The van der Waals surface area contributed by atoms with Crippen LogP contribution in [-0.2, 0) is 9.84 Å². The first-order valence-corrected chi connectivity index (χ1v) is 9.38. The van der Waals surface area contributed by atoms with Gasteiger partial charge in [0.25, 0.3) is 0 Å². The molecule has 2 unspecified atom stereocenters. The molecule has 2 N–H and O–H groups in total. The minimum atomic E-state index is -3.28. The fourth-order valence-electron chi connectivity index (χ4n) is 3.50. The van der Waals surface area contributed by atoms with E-state index in [1.807, 2.05) is 0 Å². The number of hydrogen-bond donors (Lipinski definition) is 1. The largest absolute Gasteiger partial charge is 0.389 e. The average Bonchev–Trinajstić information content (AvgIpc) is 3.08. The predicted molar refractivity (Wildman–Crippen MR) is 87.1 cm³/mol. The Morgan fingerprint density at radius 3 is 2.81 bits per heavy atom. The number of benzene rings is 1. The van der Waals surface area contributed by atoms with Crippen molar-refractivity contribution in [2.45, 2.75) is 30.2 Å². The molecular weight excluding hydrogens is 304 g/mol. The molecule has 1 heterocycles. The van der Waals surface area contributed by atoms with Crippen LogP contribution in [0.25, 0.3) is 0 Å². The summed E-state index contributed by atoms with van der Waals surface area (Å²) in [6.45, 7) is 1.69. The van der Waals surface area contributed by atoms with Crippen molar-refractivity contribution in [1.82, 2.24) is 4.90 Å². The van der Waals surface area contributed by atoms with Gasteiger partial charge in [0.05, 0.1) is 10.6 Å². The molecule has 1 aliphatic heterocycles. The first-order chi connectivity index (χ1) is 9.95. The van der Waals surface area contributed by atoms with Crippen molar-refractivity contribution in [2.24, 2.45) is 11.7 Å². The van der Waals surface area contributed by atoms with Crippen LogP contribution in [0.5, 0.6) is 0 Å². The van der Waals surface area contributed by atoms with Gasteiger partial charge < -0.3 is 5.73 Å². The van der Waals surface area contributed by atoms with Gasteiger partial charge in [-0.15, -0.1) is 0 Å². The van der Waals surface area contributed by atoms with Crippen LogP contribution in [0.4, 0.5) is 0 Å². The van der Waals surface area contributed by atoms with Gasteiger partial charge in [0.1, 0.15) is 4.99 Å². The lowest BCUT2D eigenvalue weighted by atomic mass is 10.1. The Balaban J connectivity index is 1.69. The van der Waals surface area contributed by atoms with E-state index in [2.05, 4.69) is 4.90 Å². The number of hydrogen-bond acceptors (Lipinski definition) is 4. The second-order valence-electron chi connectivity index (χ2n) is 6.04. The second-order valence-corrected chi connectivity index (χ2v) is 8.59. The number of piperidine rings is 1. The average molecular weight is 324 g/mol. The third kappa shape index (κ3) is 3.12. The summed E-state index contributed by atoms with van der Waals surface area (Å²) in [5.41, 5.74) is 6.17. The van der Waals surface area contributed by atoms with Crippen molar-refractivity contribution in [3.63, 3.8) is 0 Å². The quantitative estimate of drug-likeness (QED) is 0.833. The molecule has 3 rings (SSSR count). The van der Waals surface area contributed by atoms with Gasteiger partial charge in [0.15, 0.2) is 9.84 Å². The molecule has 6 heteroatoms. The van der Waals surface area contributed by atoms with Crippen LogP contribution in [0.3, 0.4) is 0 Å². The lowest BCUT2D eigenvalue weighted by Gasteiger charge is -2.26. The van der Waals surface area contributed by atoms with Gasteiger partial charge >= 0.3 is 0 Å². The topological polar surface area (TPSA) is 63.4 Å². The molecule has 4 nitrogen and oxygen atoms in total. The summed E-state index contributed by atoms with van der Waals surface area (Å²) in [6.07, 6.45) is 3.78. The van der Waals surface area contributed by atoms with Crippen LogP contribution in [0.2, 0.25) is 0 Å². The fraction of sp³-hybridized carbons (Fsp3) is 0.533. The monoisotopic (exact) mass is 324 g/mol. The van der Waals surface area contributed by atoms with Gasteiger partial charge in [-0.05, 0) is 37.3 Å². The minimum absolute atomic E-state index is 0.164. The van der Waals surface area contributed by atoms with Gasteiger partial charge in [-0.3, -0.25) is 4.90 Å². The highest BCUT2D eigenvalue weighted by Crippen LogP contribution is 2.37. The second kappa shape index (κ2) is 5.66. The number of nitrogens with zero attached hydrogens (tertiary/aromatic N) is 1. The molecule has 0 aromatic heterocycles. The van der Waals surface area contributed by atoms with Crippen LogP contribution < -0.4 is 5.73 Å². The van der Waals surface area contributed by atoms with Crippen LogP contribution >= 0.6 is 12.2 Å². The maximum absolute atomic E-state index is 12.5. The van der Waals surface area contributed by atoms with E-state index in [1.165, 1.54) is 19.3 Å². The van der Waals surface area contributed by atoms with E-state index in [-0.39, 0.29) is 10.7 Å². The molecule has 21 heavy (non-hydrogen) atoms. The van der Waals surface area contributed by atoms with E-state index in [0.717, 1.165) is 12.5 Å². The van der Waals surface area contributed by atoms with Crippen molar-refractivity contribution >= 4 is 27.0 Å². The summed E-state index contributed by atoms with van der Waals surface area (Å²) in [4.78, 5) is 2.88. The van der Waals surface area contributed by atoms with E-state index in [0.29, 0.717) is 23.0 Å². The molecule has 0 spiro atoms. The summed E-state index contributed by atoms with van der Waals surface area (Å²) in [5.74, 6) is 0.951. The Labute approximate surface area is 131 Å². The Hall–Kier alpha value is -0.980. The minimum Gasteiger partial charge on any atom is -0.389 e. The molecule has 1 aliphatic carbocycles. The first kappa shape index (κ1) is 14.9. The van der Waals surface area contributed by atoms with Gasteiger partial charge in [-0.2, -0.15) is 0 Å². The van der Waals surface area contributed by atoms with Crippen LogP contribution in [0, 0.1) is 5.92 Å². The third-order valence-electron chi connectivity index (χ3n) is 4.65. The lowest BCUT2D eigenvalue weighted by molar-refractivity contribution is 0.225. The van der Waals surface area contributed by atoms with Crippen molar-refractivity contribution in [3.8, 4) is 0 Å². The normalized spacial score (nSPS) is 25.3. The van der Waals surface area contributed by atoms with Gasteiger partial charge in [-0.25, -0.2) is 8.42 Å². The molecule has 1 saturated heterocycles. The summed E-state index contributed by atoms with van der Waals surface area (Å²) >= 11 is 4.91. The Bertz CT molecular complexity index is 657. The molecule has 1 aromatic rings. The maximum Gasteiger partial charge on any atom is 0.179 e. The zero-order valence-corrected chi connectivity index (χ0v) is 13.5. The number of thiocarbonyl (C=S) groups is 1. The lowest BCUT2D eigenvalue weighted by Crippen LogP contribution is -2.35. The van der Waals surface area contributed by atoms with E-state index >= 15 is 0 Å². The molecular formula is C15H20N2O2S2. The highest BCUT2D eigenvalue weighted by Gasteiger charge is 2.37. The smallest absolute Gasteiger partial charge is 0.179 e. The van der Waals surface area contributed by atoms with E-state index in [9.17, 15) is 8.42 Å². The molecule has 114 valence electrons. The van der Waals surface area contributed by atoms with Crippen molar-refractivity contribution in [2.75, 3.05) is 18.8 Å². The number of fused-ring (bicyclic) bond motifs is 2. The van der Waals surface area contributed by atoms with Crippen LogP contribution in [0.15, 0.2) is 29.2 Å². The number of likely N-dealkylation sites (tertiary alicyclic amines) is 1. The molecule has 0 amide bonds. The molecule has 2 atom stereocenters. The number of sulfone groups is 1. The van der Waals surface area contributed by atoms with Gasteiger partial charge in [-0.1, -0.05) is 24.4 Å². The standard InChI is InChI=1S/C15H20N2O2S2/c16-15(20)12-2-1-3-14(9-12)21(18,19)7-6-17-10-11-4-5-13(17)8-11/h1-3,9,11,13H,4-8,10H2,(H2,16,20). The molecule has 2 fully saturated rings. The highest BCUT2D eigenvalue weighted by molar-refractivity contribution is 7.91. The first-order valence-electron chi connectivity index (χ1n) is 7.32. The van der Waals surface area contributed by atoms with Crippen LogP contribution in [-0.4, -0.2) is 43.2 Å². The summed E-state index contributed by atoms with van der Waals surface area (Å²) in [6, 6.07) is 7.23. The van der Waals surface area contributed by atoms with Gasteiger partial charge in [0, 0.05) is 24.7 Å². The molecule has 1 aromatic carbocycles. The Kier molecular flexibility index (Phi) is 4.03. The zero-order valence-electron chi connectivity index (χ0n) is 11.9. The number of rotatable bonds is 5. The Morgan fingerprint density at radius 2 is 2.19 bits per heavy atom.